The van der Waals surface area contributed by atoms with Gasteiger partial charge < -0.3 is 14.8 Å². The first-order chi connectivity index (χ1) is 13.9. The van der Waals surface area contributed by atoms with Crippen molar-refractivity contribution in [3.63, 3.8) is 0 Å². The molecule has 154 valence electrons. The van der Waals surface area contributed by atoms with Gasteiger partial charge in [0.1, 0.15) is 0 Å². The van der Waals surface area contributed by atoms with Crippen molar-refractivity contribution in [2.24, 2.45) is 0 Å². The lowest BCUT2D eigenvalue weighted by Gasteiger charge is -2.17. The van der Waals surface area contributed by atoms with Crippen molar-refractivity contribution in [1.29, 1.82) is 0 Å². The Bertz CT molecular complexity index is 1000. The molecule has 0 bridgehead atoms. The first kappa shape index (κ1) is 20.7. The lowest BCUT2D eigenvalue weighted by molar-refractivity contribution is -0.111. The van der Waals surface area contributed by atoms with Crippen LogP contribution < -0.4 is 19.1 Å². The average molecular weight is 416 g/mol. The summed E-state index contributed by atoms with van der Waals surface area (Å²) in [6.07, 6.45) is 3.73. The molecule has 0 aromatic heterocycles. The molecular weight excluding hydrogens is 392 g/mol. The monoisotopic (exact) mass is 416 g/mol. The summed E-state index contributed by atoms with van der Waals surface area (Å²) in [7, 11) is -1.65. The normalized spacial score (nSPS) is 15.4. The molecule has 8 heteroatoms. The van der Waals surface area contributed by atoms with Crippen LogP contribution in [0.1, 0.15) is 18.9 Å². The van der Waals surface area contributed by atoms with Gasteiger partial charge in [0.25, 0.3) is 0 Å². The highest BCUT2D eigenvalue weighted by Crippen LogP contribution is 2.28. The summed E-state index contributed by atoms with van der Waals surface area (Å²) >= 11 is 0. The second-order valence-electron chi connectivity index (χ2n) is 6.45. The van der Waals surface area contributed by atoms with E-state index in [1.807, 2.05) is 13.0 Å². The van der Waals surface area contributed by atoms with Gasteiger partial charge >= 0.3 is 0 Å². The molecule has 1 aliphatic rings. The number of carbonyl (C=O) groups is 1. The van der Waals surface area contributed by atoms with Gasteiger partial charge in [-0.1, -0.05) is 6.07 Å². The van der Waals surface area contributed by atoms with Gasteiger partial charge in [0, 0.05) is 18.3 Å². The number of methoxy groups -OCH3 is 1. The Labute approximate surface area is 171 Å². The number of sulfonamides is 1. The fourth-order valence-corrected chi connectivity index (χ4v) is 4.62. The van der Waals surface area contributed by atoms with Gasteiger partial charge in [-0.2, -0.15) is 0 Å². The summed E-state index contributed by atoms with van der Waals surface area (Å²) in [5.74, 6) is 1.13. The highest BCUT2D eigenvalue weighted by atomic mass is 32.2. The van der Waals surface area contributed by atoms with Crippen molar-refractivity contribution in [2.75, 3.05) is 35.6 Å². The minimum absolute atomic E-state index is 0.173. The Kier molecular flexibility index (Phi) is 6.43. The van der Waals surface area contributed by atoms with Gasteiger partial charge in [-0.05, 0) is 61.4 Å². The fraction of sp³-hybridized carbons (Fsp3) is 0.286. The molecule has 2 aromatic carbocycles. The molecule has 0 atom stereocenters. The molecule has 0 radical (unpaired) electrons. The number of benzene rings is 2. The Morgan fingerprint density at radius 2 is 1.93 bits per heavy atom. The molecule has 1 fully saturated rings. The maximum absolute atomic E-state index is 12.2. The number of hydrogen-bond acceptors (Lipinski definition) is 5. The molecule has 1 amide bonds. The molecule has 0 saturated carbocycles. The zero-order valence-electron chi connectivity index (χ0n) is 16.4. The zero-order chi connectivity index (χ0) is 20.9. The van der Waals surface area contributed by atoms with Crippen molar-refractivity contribution in [2.45, 2.75) is 13.3 Å². The van der Waals surface area contributed by atoms with Crippen molar-refractivity contribution in [3.8, 4) is 11.5 Å². The minimum atomic E-state index is -3.21. The van der Waals surface area contributed by atoms with Crippen LogP contribution in [0.2, 0.25) is 0 Å². The van der Waals surface area contributed by atoms with E-state index in [0.717, 1.165) is 5.56 Å². The third-order valence-corrected chi connectivity index (χ3v) is 6.31. The molecule has 0 aliphatic carbocycles. The average Bonchev–Trinajstić information content (AvgIpc) is 3.07. The van der Waals surface area contributed by atoms with E-state index in [2.05, 4.69) is 5.32 Å². The van der Waals surface area contributed by atoms with E-state index in [9.17, 15) is 13.2 Å². The van der Waals surface area contributed by atoms with Crippen molar-refractivity contribution in [1.82, 2.24) is 0 Å². The Morgan fingerprint density at radius 3 is 2.55 bits per heavy atom. The summed E-state index contributed by atoms with van der Waals surface area (Å²) in [6, 6.07) is 12.2. The van der Waals surface area contributed by atoms with E-state index in [0.29, 0.717) is 42.4 Å². The van der Waals surface area contributed by atoms with Crippen LogP contribution >= 0.6 is 0 Å². The molecule has 1 N–H and O–H groups in total. The van der Waals surface area contributed by atoms with Gasteiger partial charge in [-0.25, -0.2) is 8.42 Å². The van der Waals surface area contributed by atoms with E-state index in [4.69, 9.17) is 9.47 Å². The molecule has 0 spiro atoms. The second-order valence-corrected chi connectivity index (χ2v) is 8.47. The molecule has 1 heterocycles. The highest BCUT2D eigenvalue weighted by Gasteiger charge is 2.28. The molecule has 7 nitrogen and oxygen atoms in total. The van der Waals surface area contributed by atoms with E-state index in [1.54, 1.807) is 49.6 Å². The summed E-state index contributed by atoms with van der Waals surface area (Å²) in [5, 5.41) is 2.76. The highest BCUT2D eigenvalue weighted by molar-refractivity contribution is 7.93. The van der Waals surface area contributed by atoms with Gasteiger partial charge in [0.05, 0.1) is 25.2 Å². The third kappa shape index (κ3) is 5.08. The van der Waals surface area contributed by atoms with Crippen molar-refractivity contribution in [3.05, 3.63) is 54.1 Å². The van der Waals surface area contributed by atoms with Crippen LogP contribution in [0.3, 0.4) is 0 Å². The maximum Gasteiger partial charge on any atom is 0.248 e. The number of hydrogen-bond donors (Lipinski definition) is 1. The molecule has 2 aromatic rings. The van der Waals surface area contributed by atoms with E-state index < -0.39 is 10.0 Å². The SMILES string of the molecule is CCOc1ccc(/C=C/C(=O)Nc2ccc(N3CCCS3(=O)=O)cc2)cc1OC. The topological polar surface area (TPSA) is 84.9 Å². The number of anilines is 2. The molecule has 1 saturated heterocycles. The summed E-state index contributed by atoms with van der Waals surface area (Å²) in [5.41, 5.74) is 2.00. The number of carbonyl (C=O) groups excluding carboxylic acids is 1. The van der Waals surface area contributed by atoms with Crippen molar-refractivity contribution >= 4 is 33.4 Å². The lowest BCUT2D eigenvalue weighted by atomic mass is 10.2. The number of amides is 1. The Hall–Kier alpha value is -3.00. The van der Waals surface area contributed by atoms with Gasteiger partial charge in [-0.3, -0.25) is 9.10 Å². The standard InChI is InChI=1S/C21H24N2O5S/c1-3-28-19-11-5-16(15-20(19)27-2)6-12-21(24)22-17-7-9-18(10-8-17)23-13-4-14-29(23,25)26/h5-12,15H,3-4,13-14H2,1-2H3,(H,22,24)/b12-6+. The predicted octanol–water partition coefficient (Wildman–Crippen LogP) is 3.29. The maximum atomic E-state index is 12.2. The van der Waals surface area contributed by atoms with Crippen LogP contribution in [0, 0.1) is 0 Å². The van der Waals surface area contributed by atoms with E-state index >= 15 is 0 Å². The van der Waals surface area contributed by atoms with Gasteiger partial charge in [0.15, 0.2) is 11.5 Å². The smallest absolute Gasteiger partial charge is 0.248 e. The van der Waals surface area contributed by atoms with Gasteiger partial charge in [-0.15, -0.1) is 0 Å². The lowest BCUT2D eigenvalue weighted by Crippen LogP contribution is -2.24. The zero-order valence-corrected chi connectivity index (χ0v) is 17.2. The minimum Gasteiger partial charge on any atom is -0.493 e. The summed E-state index contributed by atoms with van der Waals surface area (Å²) in [6.45, 7) is 2.92. The molecule has 3 rings (SSSR count). The summed E-state index contributed by atoms with van der Waals surface area (Å²) in [4.78, 5) is 12.2. The number of rotatable bonds is 7. The first-order valence-corrected chi connectivity index (χ1v) is 10.9. The van der Waals surface area contributed by atoms with Crippen LogP contribution in [0.4, 0.5) is 11.4 Å². The Balaban J connectivity index is 1.63. The molecule has 29 heavy (non-hydrogen) atoms. The molecule has 1 aliphatic heterocycles. The van der Waals surface area contributed by atoms with Gasteiger partial charge in [0.2, 0.25) is 15.9 Å². The number of nitrogens with one attached hydrogen (secondary N) is 1. The number of ether oxygens (including phenoxy) is 2. The van der Waals surface area contributed by atoms with E-state index in [1.165, 1.54) is 10.4 Å². The number of nitrogens with zero attached hydrogens (tertiary/aromatic N) is 1. The van der Waals surface area contributed by atoms with E-state index in [-0.39, 0.29) is 11.7 Å². The largest absolute Gasteiger partial charge is 0.493 e. The quantitative estimate of drug-likeness (QED) is 0.700. The van der Waals surface area contributed by atoms with Crippen LogP contribution in [-0.4, -0.2) is 40.3 Å². The third-order valence-electron chi connectivity index (χ3n) is 4.44. The first-order valence-electron chi connectivity index (χ1n) is 9.33. The van der Waals surface area contributed by atoms with Crippen LogP contribution in [0.15, 0.2) is 48.5 Å². The van der Waals surface area contributed by atoms with Crippen LogP contribution in [0.5, 0.6) is 11.5 Å². The molecular formula is C21H24N2O5S. The van der Waals surface area contributed by atoms with Crippen LogP contribution in [-0.2, 0) is 14.8 Å². The van der Waals surface area contributed by atoms with Crippen LogP contribution in [0.25, 0.3) is 6.08 Å². The predicted molar refractivity (Wildman–Crippen MR) is 114 cm³/mol. The van der Waals surface area contributed by atoms with Crippen molar-refractivity contribution < 1.29 is 22.7 Å². The fourth-order valence-electron chi connectivity index (χ4n) is 3.06. The summed E-state index contributed by atoms with van der Waals surface area (Å²) < 4.78 is 36.1. The second kappa shape index (κ2) is 9.00. The Morgan fingerprint density at radius 1 is 1.17 bits per heavy atom. The molecule has 0 unspecified atom stereocenters.